The highest BCUT2D eigenvalue weighted by Crippen LogP contribution is 2.27. The van der Waals surface area contributed by atoms with E-state index in [1.54, 1.807) is 31.7 Å². The minimum Gasteiger partial charge on any atom is -0.493 e. The van der Waals surface area contributed by atoms with Gasteiger partial charge in [0.05, 0.1) is 14.2 Å². The van der Waals surface area contributed by atoms with Gasteiger partial charge >= 0.3 is 0 Å². The van der Waals surface area contributed by atoms with Gasteiger partial charge in [-0.25, -0.2) is 0 Å². The summed E-state index contributed by atoms with van der Waals surface area (Å²) in [6, 6.07) is 13.1. The molecular formula is C20H21N5O3S2. The Balaban J connectivity index is 1.45. The van der Waals surface area contributed by atoms with Crippen LogP contribution in [0.1, 0.15) is 16.1 Å². The molecule has 8 nitrogen and oxygen atoms in total. The fourth-order valence-corrected chi connectivity index (χ4v) is 3.28. The predicted octanol–water partition coefficient (Wildman–Crippen LogP) is 3.34. The first-order chi connectivity index (χ1) is 14.6. The van der Waals surface area contributed by atoms with E-state index in [1.165, 1.54) is 0 Å². The molecule has 30 heavy (non-hydrogen) atoms. The number of thiocarbonyl (C=S) groups is 1. The zero-order valence-corrected chi connectivity index (χ0v) is 18.1. The van der Waals surface area contributed by atoms with Gasteiger partial charge in [0, 0.05) is 23.3 Å². The third kappa shape index (κ3) is 5.88. The Bertz CT molecular complexity index is 994. The van der Waals surface area contributed by atoms with Crippen molar-refractivity contribution in [1.82, 2.24) is 14.9 Å². The van der Waals surface area contributed by atoms with Gasteiger partial charge in [-0.1, -0.05) is 10.6 Å². The van der Waals surface area contributed by atoms with E-state index in [0.717, 1.165) is 29.2 Å². The van der Waals surface area contributed by atoms with Crippen LogP contribution in [0.3, 0.4) is 0 Å². The van der Waals surface area contributed by atoms with Gasteiger partial charge in [-0.15, -0.1) is 5.10 Å². The lowest BCUT2D eigenvalue weighted by Crippen LogP contribution is -2.30. The van der Waals surface area contributed by atoms with E-state index in [4.69, 9.17) is 21.7 Å². The van der Waals surface area contributed by atoms with Crippen molar-refractivity contribution in [1.29, 1.82) is 0 Å². The molecule has 3 N–H and O–H groups in total. The minimum absolute atomic E-state index is 0.294. The van der Waals surface area contributed by atoms with Crippen LogP contribution >= 0.6 is 23.8 Å². The van der Waals surface area contributed by atoms with Gasteiger partial charge in [0.25, 0.3) is 5.91 Å². The minimum atomic E-state index is -0.295. The maximum absolute atomic E-state index is 12.0. The molecule has 3 rings (SSSR count). The van der Waals surface area contributed by atoms with Crippen molar-refractivity contribution in [3.05, 3.63) is 59.1 Å². The molecule has 0 unspecified atom stereocenters. The van der Waals surface area contributed by atoms with Gasteiger partial charge < -0.3 is 25.4 Å². The Kier molecular flexibility index (Phi) is 7.52. The van der Waals surface area contributed by atoms with Crippen LogP contribution < -0.4 is 25.4 Å². The first-order valence-corrected chi connectivity index (χ1v) is 10.3. The molecule has 0 fully saturated rings. The van der Waals surface area contributed by atoms with Crippen molar-refractivity contribution in [2.45, 2.75) is 6.42 Å². The fourth-order valence-electron chi connectivity index (χ4n) is 2.63. The maximum Gasteiger partial charge on any atom is 0.277 e. The summed E-state index contributed by atoms with van der Waals surface area (Å²) in [7, 11) is 3.23. The third-order valence-electron chi connectivity index (χ3n) is 4.14. The molecular weight excluding hydrogens is 422 g/mol. The summed E-state index contributed by atoms with van der Waals surface area (Å²) in [5, 5.41) is 14.9. The average Bonchev–Trinajstić information content (AvgIpc) is 3.30. The lowest BCUT2D eigenvalue weighted by atomic mass is 10.1. The van der Waals surface area contributed by atoms with Crippen molar-refractivity contribution in [3.63, 3.8) is 0 Å². The number of nitrogens with zero attached hydrogens (tertiary/aromatic N) is 2. The van der Waals surface area contributed by atoms with Crippen molar-refractivity contribution >= 4 is 46.1 Å². The van der Waals surface area contributed by atoms with E-state index in [0.29, 0.717) is 34.5 Å². The lowest BCUT2D eigenvalue weighted by Gasteiger charge is -2.12. The number of nitrogens with one attached hydrogen (secondary N) is 3. The standard InChI is InChI=1S/C20H21N5O3S2/c1-27-17-8-3-13(11-18(17)28-2)9-10-21-20(29)23-15-6-4-14(5-7-15)22-19(26)16-12-30-25-24-16/h3-8,11-12H,9-10H2,1-2H3,(H,22,26)(H2,21,23,29). The summed E-state index contributed by atoms with van der Waals surface area (Å²) < 4.78 is 14.3. The zero-order chi connectivity index (χ0) is 21.3. The lowest BCUT2D eigenvalue weighted by molar-refractivity contribution is 0.102. The van der Waals surface area contributed by atoms with Gasteiger partial charge in [0.15, 0.2) is 22.3 Å². The van der Waals surface area contributed by atoms with E-state index in [2.05, 4.69) is 25.5 Å². The number of anilines is 2. The van der Waals surface area contributed by atoms with Gasteiger partial charge in [-0.3, -0.25) is 4.79 Å². The summed E-state index contributed by atoms with van der Waals surface area (Å²) >= 11 is 6.48. The molecule has 0 bridgehead atoms. The molecule has 0 saturated heterocycles. The summed E-state index contributed by atoms with van der Waals surface area (Å²) in [4.78, 5) is 12.0. The quantitative estimate of drug-likeness (QED) is 0.456. The number of aromatic nitrogens is 2. The molecule has 156 valence electrons. The molecule has 0 atom stereocenters. The average molecular weight is 444 g/mol. The normalized spacial score (nSPS) is 10.2. The molecule has 1 heterocycles. The second-order valence-corrected chi connectivity index (χ2v) is 7.16. The summed E-state index contributed by atoms with van der Waals surface area (Å²) in [5.41, 5.74) is 2.87. The van der Waals surface area contributed by atoms with Gasteiger partial charge in [-0.2, -0.15) is 0 Å². The van der Waals surface area contributed by atoms with Crippen LogP contribution in [0.4, 0.5) is 11.4 Å². The van der Waals surface area contributed by atoms with Crippen LogP contribution in [0.2, 0.25) is 0 Å². The number of methoxy groups -OCH3 is 2. The highest BCUT2D eigenvalue weighted by molar-refractivity contribution is 7.80. The number of rotatable bonds is 8. The van der Waals surface area contributed by atoms with Crippen LogP contribution in [0.5, 0.6) is 11.5 Å². The Hall–Kier alpha value is -3.24. The van der Waals surface area contributed by atoms with Gasteiger partial charge in [0.1, 0.15) is 0 Å². The Morgan fingerprint density at radius 1 is 1.03 bits per heavy atom. The van der Waals surface area contributed by atoms with E-state index < -0.39 is 0 Å². The SMILES string of the molecule is COc1ccc(CCNC(=S)Nc2ccc(NC(=O)c3csnn3)cc2)cc1OC. The number of hydrogen-bond acceptors (Lipinski definition) is 7. The summed E-state index contributed by atoms with van der Waals surface area (Å²) in [6.45, 7) is 0.664. The molecule has 0 spiro atoms. The second kappa shape index (κ2) is 10.5. The predicted molar refractivity (Wildman–Crippen MR) is 122 cm³/mol. The molecule has 0 saturated carbocycles. The molecule has 3 aromatic rings. The summed E-state index contributed by atoms with van der Waals surface area (Å²) in [6.07, 6.45) is 0.776. The molecule has 1 amide bonds. The Morgan fingerprint density at radius 2 is 1.73 bits per heavy atom. The maximum atomic E-state index is 12.0. The molecule has 2 aromatic carbocycles. The second-order valence-electron chi connectivity index (χ2n) is 6.14. The molecule has 0 aliphatic rings. The largest absolute Gasteiger partial charge is 0.493 e. The topological polar surface area (TPSA) is 97.4 Å². The van der Waals surface area contributed by atoms with E-state index in [-0.39, 0.29) is 5.91 Å². The van der Waals surface area contributed by atoms with Gasteiger partial charge in [-0.05, 0) is 72.1 Å². The van der Waals surface area contributed by atoms with E-state index in [1.807, 2.05) is 30.3 Å². The Labute approximate surface area is 183 Å². The zero-order valence-electron chi connectivity index (χ0n) is 16.5. The molecule has 0 aliphatic heterocycles. The highest BCUT2D eigenvalue weighted by atomic mass is 32.1. The monoisotopic (exact) mass is 443 g/mol. The molecule has 10 heteroatoms. The van der Waals surface area contributed by atoms with Crippen LogP contribution in [-0.4, -0.2) is 41.4 Å². The van der Waals surface area contributed by atoms with Crippen molar-refractivity contribution in [3.8, 4) is 11.5 Å². The first-order valence-electron chi connectivity index (χ1n) is 9.03. The number of ether oxygens (including phenoxy) is 2. The molecule has 1 aromatic heterocycles. The first kappa shape index (κ1) is 21.5. The Morgan fingerprint density at radius 3 is 2.37 bits per heavy atom. The molecule has 0 aliphatic carbocycles. The van der Waals surface area contributed by atoms with Crippen LogP contribution in [-0.2, 0) is 6.42 Å². The van der Waals surface area contributed by atoms with Crippen molar-refractivity contribution in [2.75, 3.05) is 31.4 Å². The van der Waals surface area contributed by atoms with Crippen LogP contribution in [0.15, 0.2) is 47.8 Å². The third-order valence-corrected chi connectivity index (χ3v) is 4.89. The fraction of sp³-hybridized carbons (Fsp3) is 0.200. The highest BCUT2D eigenvalue weighted by Gasteiger charge is 2.09. The summed E-state index contributed by atoms with van der Waals surface area (Å²) in [5.74, 6) is 1.11. The van der Waals surface area contributed by atoms with Crippen molar-refractivity contribution in [2.24, 2.45) is 0 Å². The van der Waals surface area contributed by atoms with Crippen molar-refractivity contribution < 1.29 is 14.3 Å². The smallest absolute Gasteiger partial charge is 0.277 e. The van der Waals surface area contributed by atoms with E-state index in [9.17, 15) is 4.79 Å². The van der Waals surface area contributed by atoms with Gasteiger partial charge in [0.2, 0.25) is 0 Å². The number of carbonyl (C=O) groups is 1. The van der Waals surface area contributed by atoms with Crippen LogP contribution in [0, 0.1) is 0 Å². The number of amides is 1. The van der Waals surface area contributed by atoms with Crippen LogP contribution in [0.25, 0.3) is 0 Å². The number of hydrogen-bond donors (Lipinski definition) is 3. The van der Waals surface area contributed by atoms with E-state index >= 15 is 0 Å². The number of carbonyl (C=O) groups excluding carboxylic acids is 1. The number of benzene rings is 2. The molecule has 0 radical (unpaired) electrons.